The Labute approximate surface area is 166 Å². The van der Waals surface area contributed by atoms with Crippen molar-refractivity contribution < 1.29 is 13.2 Å². The zero-order chi connectivity index (χ0) is 20.1. The van der Waals surface area contributed by atoms with Crippen molar-refractivity contribution >= 4 is 33.3 Å². The monoisotopic (exact) mass is 455 g/mol. The summed E-state index contributed by atoms with van der Waals surface area (Å²) in [6, 6.07) is 3.61. The predicted molar refractivity (Wildman–Crippen MR) is 101 cm³/mol. The second kappa shape index (κ2) is 6.87. The van der Waals surface area contributed by atoms with Crippen LogP contribution < -0.4 is 10.6 Å². The lowest BCUT2D eigenvalue weighted by molar-refractivity contribution is -0.168. The number of halogens is 4. The van der Waals surface area contributed by atoms with Gasteiger partial charge in [0.2, 0.25) is 0 Å². The Morgan fingerprint density at radius 1 is 1.29 bits per heavy atom. The third kappa shape index (κ3) is 3.38. The Hall–Kier alpha value is -2.43. The highest BCUT2D eigenvalue weighted by atomic mass is 79.9. The summed E-state index contributed by atoms with van der Waals surface area (Å²) in [5.74, 6) is 0.0139. The largest absolute Gasteiger partial charge is 0.393 e. The molecule has 1 unspecified atom stereocenters. The van der Waals surface area contributed by atoms with Crippen LogP contribution in [0.5, 0.6) is 0 Å². The summed E-state index contributed by atoms with van der Waals surface area (Å²) in [5.41, 5.74) is 8.37. The number of anilines is 2. The van der Waals surface area contributed by atoms with E-state index in [1.165, 1.54) is 10.8 Å². The average Bonchev–Trinajstić information content (AvgIpc) is 3.29. The number of pyridine rings is 1. The van der Waals surface area contributed by atoms with Crippen LogP contribution in [0.4, 0.5) is 24.8 Å². The fraction of sp³-hybridized carbons (Fsp3) is 0.412. The SMILES string of the molecule is Cc1nc2ncnn2c(N)c1Cc1ccc(Br)c(N2CCC(C(F)(F)F)C2)n1. The van der Waals surface area contributed by atoms with Crippen LogP contribution in [0.25, 0.3) is 5.78 Å². The fourth-order valence-electron chi connectivity index (χ4n) is 3.42. The van der Waals surface area contributed by atoms with Gasteiger partial charge in [0, 0.05) is 36.5 Å². The third-order valence-electron chi connectivity index (χ3n) is 4.97. The van der Waals surface area contributed by atoms with Crippen molar-refractivity contribution in [3.63, 3.8) is 0 Å². The molecule has 0 amide bonds. The van der Waals surface area contributed by atoms with Gasteiger partial charge in [0.15, 0.2) is 0 Å². The van der Waals surface area contributed by atoms with Crippen LogP contribution in [0.2, 0.25) is 0 Å². The average molecular weight is 456 g/mol. The van der Waals surface area contributed by atoms with E-state index in [0.29, 0.717) is 46.2 Å². The molecule has 2 N–H and O–H groups in total. The molecule has 28 heavy (non-hydrogen) atoms. The molecule has 1 fully saturated rings. The molecule has 7 nitrogen and oxygen atoms in total. The van der Waals surface area contributed by atoms with Crippen LogP contribution in [0.1, 0.15) is 23.4 Å². The third-order valence-corrected chi connectivity index (χ3v) is 5.58. The Balaban J connectivity index is 1.63. The van der Waals surface area contributed by atoms with E-state index in [2.05, 4.69) is 36.0 Å². The number of nitrogens with zero attached hydrogens (tertiary/aromatic N) is 6. The van der Waals surface area contributed by atoms with Gasteiger partial charge in [-0.05, 0) is 41.4 Å². The summed E-state index contributed by atoms with van der Waals surface area (Å²) in [5, 5.41) is 4.06. The van der Waals surface area contributed by atoms with Gasteiger partial charge in [0.05, 0.1) is 10.4 Å². The van der Waals surface area contributed by atoms with Crippen LogP contribution >= 0.6 is 15.9 Å². The molecule has 11 heteroatoms. The molecule has 3 aromatic rings. The van der Waals surface area contributed by atoms with Gasteiger partial charge >= 0.3 is 6.18 Å². The van der Waals surface area contributed by atoms with Gasteiger partial charge in [-0.25, -0.2) is 9.97 Å². The molecule has 0 aliphatic carbocycles. The van der Waals surface area contributed by atoms with Gasteiger partial charge in [0.25, 0.3) is 5.78 Å². The van der Waals surface area contributed by atoms with Crippen LogP contribution in [0.15, 0.2) is 22.9 Å². The summed E-state index contributed by atoms with van der Waals surface area (Å²) < 4.78 is 41.2. The number of aromatic nitrogens is 5. The topological polar surface area (TPSA) is 85.2 Å². The second-order valence-corrected chi connectivity index (χ2v) is 7.65. The summed E-state index contributed by atoms with van der Waals surface area (Å²) in [6.07, 6.45) is -2.36. The van der Waals surface area contributed by atoms with E-state index in [9.17, 15) is 13.2 Å². The zero-order valence-corrected chi connectivity index (χ0v) is 16.5. The summed E-state index contributed by atoms with van der Waals surface area (Å²) in [4.78, 5) is 14.7. The predicted octanol–water partition coefficient (Wildman–Crippen LogP) is 3.15. The van der Waals surface area contributed by atoms with Crippen molar-refractivity contribution in [1.82, 2.24) is 24.6 Å². The molecule has 0 bridgehead atoms. The summed E-state index contributed by atoms with van der Waals surface area (Å²) >= 11 is 3.41. The van der Waals surface area contributed by atoms with Crippen LogP contribution in [-0.2, 0) is 6.42 Å². The van der Waals surface area contributed by atoms with E-state index >= 15 is 0 Å². The maximum atomic E-state index is 13.0. The number of nitrogen functional groups attached to an aromatic ring is 1. The molecule has 3 aromatic heterocycles. The van der Waals surface area contributed by atoms with Gasteiger partial charge < -0.3 is 10.6 Å². The number of hydrogen-bond donors (Lipinski definition) is 1. The van der Waals surface area contributed by atoms with E-state index in [4.69, 9.17) is 5.73 Å². The Kier molecular flexibility index (Phi) is 4.64. The van der Waals surface area contributed by atoms with Gasteiger partial charge in [-0.2, -0.15) is 27.8 Å². The van der Waals surface area contributed by atoms with Gasteiger partial charge in [-0.3, -0.25) is 0 Å². The maximum Gasteiger partial charge on any atom is 0.393 e. The first-order valence-corrected chi connectivity index (χ1v) is 9.45. The van der Waals surface area contributed by atoms with E-state index in [-0.39, 0.29) is 13.0 Å². The molecular weight excluding hydrogens is 439 g/mol. The van der Waals surface area contributed by atoms with Crippen molar-refractivity contribution in [1.29, 1.82) is 0 Å². The summed E-state index contributed by atoms with van der Waals surface area (Å²) in [6.45, 7) is 2.05. The van der Waals surface area contributed by atoms with Crippen molar-refractivity contribution in [2.75, 3.05) is 23.7 Å². The van der Waals surface area contributed by atoms with Crippen molar-refractivity contribution in [2.24, 2.45) is 5.92 Å². The molecule has 0 spiro atoms. The fourth-order valence-corrected chi connectivity index (χ4v) is 3.89. The van der Waals surface area contributed by atoms with Gasteiger partial charge in [-0.1, -0.05) is 0 Å². The van der Waals surface area contributed by atoms with Gasteiger partial charge in [0.1, 0.15) is 18.0 Å². The standard InChI is InChI=1S/C17H17BrF3N7/c1-9-12(14(22)28-16(25-9)23-8-24-28)6-11-2-3-13(18)15(26-11)27-5-4-10(7-27)17(19,20)21/h2-3,8,10H,4-7,22H2,1H3. The molecule has 0 radical (unpaired) electrons. The quantitative estimate of drug-likeness (QED) is 0.652. The number of fused-ring (bicyclic) bond motifs is 1. The zero-order valence-electron chi connectivity index (χ0n) is 14.9. The van der Waals surface area contributed by atoms with Crippen molar-refractivity contribution in [2.45, 2.75) is 25.9 Å². The van der Waals surface area contributed by atoms with E-state index in [1.807, 2.05) is 13.0 Å². The first kappa shape index (κ1) is 18.9. The van der Waals surface area contributed by atoms with Gasteiger partial charge in [-0.15, -0.1) is 0 Å². The molecule has 148 valence electrons. The molecule has 4 rings (SSSR count). The first-order valence-electron chi connectivity index (χ1n) is 8.66. The lowest BCUT2D eigenvalue weighted by atomic mass is 10.1. The minimum atomic E-state index is -4.19. The normalized spacial score (nSPS) is 17.6. The van der Waals surface area contributed by atoms with Crippen molar-refractivity contribution in [3.05, 3.63) is 39.9 Å². The van der Waals surface area contributed by atoms with Crippen LogP contribution in [0, 0.1) is 12.8 Å². The molecular formula is C17H17BrF3N7. The number of nitrogens with two attached hydrogens (primary N) is 1. The lowest BCUT2D eigenvalue weighted by Crippen LogP contribution is -2.28. The molecule has 1 aliphatic rings. The highest BCUT2D eigenvalue weighted by molar-refractivity contribution is 9.10. The maximum absolute atomic E-state index is 13.0. The summed E-state index contributed by atoms with van der Waals surface area (Å²) in [7, 11) is 0. The molecule has 0 saturated carbocycles. The lowest BCUT2D eigenvalue weighted by Gasteiger charge is -2.21. The van der Waals surface area contributed by atoms with Crippen LogP contribution in [0.3, 0.4) is 0 Å². The molecule has 4 heterocycles. The highest BCUT2D eigenvalue weighted by Gasteiger charge is 2.44. The first-order chi connectivity index (χ1) is 13.2. The smallest absolute Gasteiger partial charge is 0.383 e. The number of aryl methyl sites for hydroxylation is 1. The number of rotatable bonds is 3. The number of alkyl halides is 3. The molecule has 1 atom stereocenters. The minimum Gasteiger partial charge on any atom is -0.383 e. The van der Waals surface area contributed by atoms with Crippen LogP contribution in [-0.4, -0.2) is 43.8 Å². The van der Waals surface area contributed by atoms with E-state index in [1.54, 1.807) is 11.0 Å². The Bertz CT molecular complexity index is 1030. The molecule has 1 aliphatic heterocycles. The van der Waals surface area contributed by atoms with E-state index < -0.39 is 12.1 Å². The minimum absolute atomic E-state index is 0.0702. The molecule has 1 saturated heterocycles. The second-order valence-electron chi connectivity index (χ2n) is 6.79. The highest BCUT2D eigenvalue weighted by Crippen LogP contribution is 2.37. The van der Waals surface area contributed by atoms with Crippen molar-refractivity contribution in [3.8, 4) is 0 Å². The number of hydrogen-bond acceptors (Lipinski definition) is 6. The van der Waals surface area contributed by atoms with E-state index in [0.717, 1.165) is 5.56 Å². The molecule has 0 aromatic carbocycles. The Morgan fingerprint density at radius 2 is 2.07 bits per heavy atom. The Morgan fingerprint density at radius 3 is 2.79 bits per heavy atom.